The minimum Gasteiger partial charge on any atom is -0.255 e. The van der Waals surface area contributed by atoms with Gasteiger partial charge in [-0.3, -0.25) is 4.98 Å². The van der Waals surface area contributed by atoms with E-state index in [1.807, 2.05) is 18.2 Å². The molecule has 2 heterocycles. The van der Waals surface area contributed by atoms with E-state index in [1.54, 1.807) is 13.1 Å². The first-order valence-corrected chi connectivity index (χ1v) is 10.3. The first-order chi connectivity index (χ1) is 14.5. The van der Waals surface area contributed by atoms with Gasteiger partial charge in [-0.15, -0.1) is 11.3 Å². The number of halogens is 3. The number of aryl methyl sites for hydroxylation is 2. The van der Waals surface area contributed by atoms with E-state index in [4.69, 9.17) is 0 Å². The first-order valence-electron chi connectivity index (χ1n) is 9.47. The van der Waals surface area contributed by atoms with Crippen LogP contribution in [0.25, 0.3) is 42.6 Å². The van der Waals surface area contributed by atoms with Crippen molar-refractivity contribution in [3.8, 4) is 21.7 Å². The Balaban J connectivity index is 1.79. The Kier molecular flexibility index (Phi) is 4.36. The maximum absolute atomic E-state index is 14.5. The van der Waals surface area contributed by atoms with Crippen LogP contribution in [0.5, 0.6) is 0 Å². The van der Waals surface area contributed by atoms with Crippen LogP contribution in [0.2, 0.25) is 0 Å². The van der Waals surface area contributed by atoms with E-state index >= 15 is 0 Å². The van der Waals surface area contributed by atoms with Crippen LogP contribution in [-0.4, -0.2) is 4.98 Å². The molecule has 0 fully saturated rings. The van der Waals surface area contributed by atoms with Crippen molar-refractivity contribution in [2.45, 2.75) is 13.8 Å². The highest BCUT2D eigenvalue weighted by Gasteiger charge is 2.22. The normalized spacial score (nSPS) is 11.5. The van der Waals surface area contributed by atoms with Crippen molar-refractivity contribution in [3.05, 3.63) is 89.4 Å². The minimum atomic E-state index is -1.17. The van der Waals surface area contributed by atoms with Crippen LogP contribution in [0.3, 0.4) is 0 Å². The SMILES string of the molecule is Cc1cc(-c2nccc3c(C)c(-c4c(F)ccc(F)c4F)sc23)cc2ccccc12. The molecule has 0 radical (unpaired) electrons. The molecule has 0 atom stereocenters. The summed E-state index contributed by atoms with van der Waals surface area (Å²) in [6.07, 6.45) is 1.70. The topological polar surface area (TPSA) is 12.9 Å². The summed E-state index contributed by atoms with van der Waals surface area (Å²) in [5.41, 5.74) is 3.19. The third-order valence-corrected chi connectivity index (χ3v) is 6.80. The predicted molar refractivity (Wildman–Crippen MR) is 117 cm³/mol. The van der Waals surface area contributed by atoms with Gasteiger partial charge in [-0.1, -0.05) is 24.3 Å². The van der Waals surface area contributed by atoms with Gasteiger partial charge < -0.3 is 0 Å². The van der Waals surface area contributed by atoms with Crippen LogP contribution in [0.1, 0.15) is 11.1 Å². The van der Waals surface area contributed by atoms with Crippen LogP contribution in [-0.2, 0) is 0 Å². The molecule has 0 saturated heterocycles. The quantitative estimate of drug-likeness (QED) is 0.266. The maximum atomic E-state index is 14.5. The molecule has 0 spiro atoms. The zero-order valence-electron chi connectivity index (χ0n) is 16.3. The Bertz CT molecular complexity index is 1450. The second-order valence-corrected chi connectivity index (χ2v) is 8.35. The number of nitrogens with zero attached hydrogens (tertiary/aromatic N) is 1. The van der Waals surface area contributed by atoms with Crippen molar-refractivity contribution in [2.24, 2.45) is 0 Å². The smallest absolute Gasteiger partial charge is 0.170 e. The summed E-state index contributed by atoms with van der Waals surface area (Å²) in [4.78, 5) is 4.97. The molecule has 148 valence electrons. The summed E-state index contributed by atoms with van der Waals surface area (Å²) in [5, 5.41) is 3.12. The third kappa shape index (κ3) is 2.81. The number of thiophene rings is 1. The van der Waals surface area contributed by atoms with Crippen molar-refractivity contribution in [1.82, 2.24) is 4.98 Å². The Morgan fingerprint density at radius 3 is 2.43 bits per heavy atom. The summed E-state index contributed by atoms with van der Waals surface area (Å²) in [5.74, 6) is -3.01. The molecule has 30 heavy (non-hydrogen) atoms. The average Bonchev–Trinajstić information content (AvgIpc) is 3.07. The number of pyridine rings is 1. The number of fused-ring (bicyclic) bond motifs is 2. The molecule has 0 saturated carbocycles. The van der Waals surface area contributed by atoms with Crippen molar-refractivity contribution in [3.63, 3.8) is 0 Å². The Labute approximate surface area is 175 Å². The number of hydrogen-bond donors (Lipinski definition) is 0. The van der Waals surface area contributed by atoms with Crippen molar-refractivity contribution in [2.75, 3.05) is 0 Å². The van der Waals surface area contributed by atoms with Gasteiger partial charge in [-0.2, -0.15) is 0 Å². The molecule has 0 unspecified atom stereocenters. The number of benzene rings is 3. The molecule has 0 aliphatic heterocycles. The summed E-state index contributed by atoms with van der Waals surface area (Å²) in [7, 11) is 0. The van der Waals surface area contributed by atoms with E-state index in [1.165, 1.54) is 16.7 Å². The van der Waals surface area contributed by atoms with Gasteiger partial charge in [0.15, 0.2) is 11.6 Å². The molecule has 1 nitrogen and oxygen atoms in total. The second kappa shape index (κ2) is 6.96. The van der Waals surface area contributed by atoms with E-state index in [-0.39, 0.29) is 5.56 Å². The van der Waals surface area contributed by atoms with E-state index in [9.17, 15) is 13.2 Å². The van der Waals surface area contributed by atoms with Gasteiger partial charge in [0.2, 0.25) is 0 Å². The molecule has 0 amide bonds. The fourth-order valence-electron chi connectivity index (χ4n) is 3.97. The van der Waals surface area contributed by atoms with Gasteiger partial charge in [0, 0.05) is 16.6 Å². The lowest BCUT2D eigenvalue weighted by Crippen LogP contribution is -1.93. The van der Waals surface area contributed by atoms with Gasteiger partial charge in [0.1, 0.15) is 5.82 Å². The molecule has 3 aromatic carbocycles. The second-order valence-electron chi connectivity index (χ2n) is 7.32. The van der Waals surface area contributed by atoms with Gasteiger partial charge in [-0.25, -0.2) is 13.2 Å². The fraction of sp³-hybridized carbons (Fsp3) is 0.0800. The molecular formula is C25H16F3NS. The molecule has 2 aromatic heterocycles. The molecule has 5 heteroatoms. The van der Waals surface area contributed by atoms with E-state index in [2.05, 4.69) is 36.2 Å². The lowest BCUT2D eigenvalue weighted by Gasteiger charge is -2.08. The summed E-state index contributed by atoms with van der Waals surface area (Å²) >= 11 is 1.24. The number of rotatable bonds is 2. The van der Waals surface area contributed by atoms with E-state index in [0.717, 1.165) is 44.4 Å². The zero-order valence-corrected chi connectivity index (χ0v) is 17.1. The van der Waals surface area contributed by atoms with Crippen molar-refractivity contribution >= 4 is 32.2 Å². The van der Waals surface area contributed by atoms with Crippen LogP contribution in [0.15, 0.2) is 60.8 Å². The van der Waals surface area contributed by atoms with Crippen molar-refractivity contribution in [1.29, 1.82) is 0 Å². The summed E-state index contributed by atoms with van der Waals surface area (Å²) in [6.45, 7) is 3.85. The lowest BCUT2D eigenvalue weighted by atomic mass is 9.99. The largest absolute Gasteiger partial charge is 0.255 e. The summed E-state index contributed by atoms with van der Waals surface area (Å²) < 4.78 is 43.6. The highest BCUT2D eigenvalue weighted by Crippen LogP contribution is 2.44. The average molecular weight is 419 g/mol. The van der Waals surface area contributed by atoms with Crippen LogP contribution in [0, 0.1) is 31.3 Å². The molecule has 0 aliphatic carbocycles. The third-order valence-electron chi connectivity index (χ3n) is 5.47. The Hall–Kier alpha value is -3.18. The van der Waals surface area contributed by atoms with Gasteiger partial charge in [0.25, 0.3) is 0 Å². The molecule has 5 aromatic rings. The Morgan fingerprint density at radius 2 is 1.60 bits per heavy atom. The van der Waals surface area contributed by atoms with Crippen LogP contribution < -0.4 is 0 Å². The first kappa shape index (κ1) is 18.8. The molecule has 5 rings (SSSR count). The van der Waals surface area contributed by atoms with Crippen LogP contribution in [0.4, 0.5) is 13.2 Å². The van der Waals surface area contributed by atoms with Gasteiger partial charge >= 0.3 is 0 Å². The standard InChI is InChI=1S/C25H16F3NS/c1-13-11-16(12-15-5-3-4-6-17(13)15)23-25-18(9-10-29-23)14(2)24(30-25)21-19(26)7-8-20(27)22(21)28/h3-12H,1-2H3. The predicted octanol–water partition coefficient (Wildman–Crippen LogP) is 7.82. The van der Waals surface area contributed by atoms with Crippen LogP contribution >= 0.6 is 11.3 Å². The Morgan fingerprint density at radius 1 is 0.833 bits per heavy atom. The molecule has 0 aliphatic rings. The number of aromatic nitrogens is 1. The molecule has 0 N–H and O–H groups in total. The van der Waals surface area contributed by atoms with Gasteiger partial charge in [0.05, 0.1) is 16.0 Å². The molecular weight excluding hydrogens is 403 g/mol. The van der Waals surface area contributed by atoms with E-state index in [0.29, 0.717) is 10.4 Å². The van der Waals surface area contributed by atoms with Crippen molar-refractivity contribution < 1.29 is 13.2 Å². The molecule has 0 bridgehead atoms. The minimum absolute atomic E-state index is 0.325. The van der Waals surface area contributed by atoms with Gasteiger partial charge in [-0.05, 0) is 71.5 Å². The maximum Gasteiger partial charge on any atom is 0.170 e. The highest BCUT2D eigenvalue weighted by molar-refractivity contribution is 7.23. The highest BCUT2D eigenvalue weighted by atomic mass is 32.1. The summed E-state index contributed by atoms with van der Waals surface area (Å²) in [6, 6.07) is 15.9. The lowest BCUT2D eigenvalue weighted by molar-refractivity contribution is 0.499. The van der Waals surface area contributed by atoms with E-state index < -0.39 is 17.5 Å². The fourth-order valence-corrected chi connectivity index (χ4v) is 5.32. The number of hydrogen-bond acceptors (Lipinski definition) is 2. The zero-order chi connectivity index (χ0) is 21.0. The monoisotopic (exact) mass is 419 g/mol.